The summed E-state index contributed by atoms with van der Waals surface area (Å²) in [5.74, 6) is -1.13. The Morgan fingerprint density at radius 1 is 0.976 bits per heavy atom. The molecular formula is C30H32N4O6S. The molecule has 41 heavy (non-hydrogen) atoms. The van der Waals surface area contributed by atoms with Gasteiger partial charge in [-0.15, -0.1) is 0 Å². The van der Waals surface area contributed by atoms with Gasteiger partial charge in [-0.1, -0.05) is 24.3 Å². The lowest BCUT2D eigenvalue weighted by Crippen LogP contribution is -2.33. The third-order valence-electron chi connectivity index (χ3n) is 7.09. The van der Waals surface area contributed by atoms with E-state index >= 15 is 0 Å². The number of nitrogens with zero attached hydrogens (tertiary/aromatic N) is 2. The molecule has 0 saturated heterocycles. The highest BCUT2D eigenvalue weighted by molar-refractivity contribution is 7.89. The molecule has 0 spiro atoms. The lowest BCUT2D eigenvalue weighted by molar-refractivity contribution is -0.127. The van der Waals surface area contributed by atoms with Gasteiger partial charge in [0.2, 0.25) is 15.9 Å². The molecule has 2 aliphatic rings. The predicted molar refractivity (Wildman–Crippen MR) is 152 cm³/mol. The molecule has 10 nitrogen and oxygen atoms in total. The quantitative estimate of drug-likeness (QED) is 0.373. The zero-order chi connectivity index (χ0) is 29.1. The number of sulfonamides is 1. The largest absolute Gasteiger partial charge is 0.366 e. The minimum Gasteiger partial charge on any atom is -0.366 e. The van der Waals surface area contributed by atoms with E-state index in [-0.39, 0.29) is 18.0 Å². The summed E-state index contributed by atoms with van der Waals surface area (Å²) in [5.41, 5.74) is 5.41. The number of nitrogens with one attached hydrogen (secondary N) is 2. The molecule has 3 aromatic rings. The molecular weight excluding hydrogens is 544 g/mol. The molecule has 3 atom stereocenters. The first-order valence-corrected chi connectivity index (χ1v) is 15.1. The maximum atomic E-state index is 13.9. The lowest BCUT2D eigenvalue weighted by atomic mass is 9.82. The molecule has 0 radical (unpaired) electrons. The maximum Gasteiger partial charge on any atom is 0.239 e. The van der Waals surface area contributed by atoms with Crippen LogP contribution in [0.2, 0.25) is 0 Å². The number of ether oxygens (including phenoxy) is 2. The molecule has 2 aromatic heterocycles. The smallest absolute Gasteiger partial charge is 0.239 e. The summed E-state index contributed by atoms with van der Waals surface area (Å²) in [6.45, 7) is 6.39. The van der Waals surface area contributed by atoms with E-state index in [1.807, 2.05) is 32.9 Å². The Morgan fingerprint density at radius 2 is 1.73 bits per heavy atom. The van der Waals surface area contributed by atoms with Crippen molar-refractivity contribution in [2.24, 2.45) is 0 Å². The van der Waals surface area contributed by atoms with Crippen molar-refractivity contribution < 1.29 is 27.5 Å². The molecule has 2 N–H and O–H groups in total. The van der Waals surface area contributed by atoms with Gasteiger partial charge in [0.05, 0.1) is 23.9 Å². The molecule has 0 saturated carbocycles. The van der Waals surface area contributed by atoms with Crippen molar-refractivity contribution in [1.82, 2.24) is 20.0 Å². The number of carbonyl (C=O) groups excluding carboxylic acids is 2. The van der Waals surface area contributed by atoms with Gasteiger partial charge in [-0.25, -0.2) is 8.42 Å². The number of Topliss-reactive ketones (excluding diaryl/α,β-unsaturated/α-hetero) is 1. The van der Waals surface area contributed by atoms with Crippen LogP contribution in [-0.4, -0.2) is 49.5 Å². The average molecular weight is 577 g/mol. The number of hydrogen-bond acceptors (Lipinski definition) is 9. The molecule has 1 aromatic carbocycles. The summed E-state index contributed by atoms with van der Waals surface area (Å²) in [5, 5.41) is 3.45. The molecule has 11 heteroatoms. The van der Waals surface area contributed by atoms with Gasteiger partial charge in [0.1, 0.15) is 12.3 Å². The highest BCUT2D eigenvalue weighted by atomic mass is 32.2. The standard InChI is InChI=1S/C30H32N4O6S/c1-4-39-29-22-7-6-12-32-26(22)25-24(28(29)36)27(33-30(25)40-5-2)21-9-8-20(15-18(21)3)17-41(37,38)34-23(35)16-19-10-13-31-14-11-19/h6-15,27,29-30,33H,4-5,16-17H2,1-3H3,(H,34,35). The number of ketones is 1. The fourth-order valence-corrected chi connectivity index (χ4v) is 6.57. The molecule has 3 unspecified atom stereocenters. The van der Waals surface area contributed by atoms with Crippen LogP contribution in [0, 0.1) is 6.92 Å². The minimum atomic E-state index is -3.93. The zero-order valence-electron chi connectivity index (χ0n) is 23.1. The van der Waals surface area contributed by atoms with Crippen LogP contribution in [0.1, 0.15) is 59.5 Å². The van der Waals surface area contributed by atoms with Crippen molar-refractivity contribution in [1.29, 1.82) is 0 Å². The van der Waals surface area contributed by atoms with Crippen molar-refractivity contribution in [3.63, 3.8) is 0 Å². The Hall–Kier alpha value is -3.77. The summed E-state index contributed by atoms with van der Waals surface area (Å²) < 4.78 is 39.6. The number of benzene rings is 1. The second-order valence-electron chi connectivity index (χ2n) is 9.91. The first-order chi connectivity index (χ1) is 19.7. The van der Waals surface area contributed by atoms with E-state index in [0.29, 0.717) is 46.7 Å². The summed E-state index contributed by atoms with van der Waals surface area (Å²) in [4.78, 5) is 34.7. The minimum absolute atomic E-state index is 0.0692. The van der Waals surface area contributed by atoms with E-state index < -0.39 is 34.3 Å². The SMILES string of the molecule is CCOC1NC(c2ccc(CS(=O)(=O)NC(=O)Cc3ccncc3)cc2C)C2=C1c1ncccc1C(OCC)C2=O. The second kappa shape index (κ2) is 12.0. The van der Waals surface area contributed by atoms with E-state index in [9.17, 15) is 18.0 Å². The summed E-state index contributed by atoms with van der Waals surface area (Å²) in [6, 6.07) is 11.7. The van der Waals surface area contributed by atoms with Crippen LogP contribution < -0.4 is 10.0 Å². The molecule has 0 fully saturated rings. The lowest BCUT2D eigenvalue weighted by Gasteiger charge is -2.27. The van der Waals surface area contributed by atoms with Gasteiger partial charge in [0.15, 0.2) is 5.78 Å². The topological polar surface area (TPSA) is 137 Å². The van der Waals surface area contributed by atoms with Crippen molar-refractivity contribution in [3.05, 3.63) is 100 Å². The average Bonchev–Trinajstić information content (AvgIpc) is 3.30. The van der Waals surface area contributed by atoms with E-state index in [1.54, 1.807) is 48.9 Å². The van der Waals surface area contributed by atoms with Gasteiger partial charge >= 0.3 is 0 Å². The highest BCUT2D eigenvalue weighted by Crippen LogP contribution is 2.47. The third-order valence-corrected chi connectivity index (χ3v) is 8.34. The van der Waals surface area contributed by atoms with Gasteiger partial charge in [-0.05, 0) is 61.2 Å². The molecule has 1 aliphatic carbocycles. The molecule has 5 rings (SSSR count). The number of carbonyl (C=O) groups is 2. The monoisotopic (exact) mass is 576 g/mol. The van der Waals surface area contributed by atoms with Crippen LogP contribution in [0.25, 0.3) is 5.57 Å². The van der Waals surface area contributed by atoms with E-state index in [1.165, 1.54) is 0 Å². The second-order valence-corrected chi connectivity index (χ2v) is 11.6. The van der Waals surface area contributed by atoms with Crippen molar-refractivity contribution in [2.75, 3.05) is 13.2 Å². The summed E-state index contributed by atoms with van der Waals surface area (Å²) in [6.07, 6.45) is 3.39. The van der Waals surface area contributed by atoms with E-state index in [4.69, 9.17) is 9.47 Å². The van der Waals surface area contributed by atoms with Crippen LogP contribution in [0.4, 0.5) is 0 Å². The number of pyridine rings is 2. The predicted octanol–water partition coefficient (Wildman–Crippen LogP) is 3.09. The molecule has 1 aliphatic heterocycles. The normalized spacial score (nSPS) is 20.1. The van der Waals surface area contributed by atoms with Gasteiger partial charge < -0.3 is 9.47 Å². The van der Waals surface area contributed by atoms with Gasteiger partial charge in [-0.2, -0.15) is 0 Å². The number of fused-ring (bicyclic) bond motifs is 2. The van der Waals surface area contributed by atoms with E-state index in [0.717, 1.165) is 11.1 Å². The molecule has 214 valence electrons. The van der Waals surface area contributed by atoms with Crippen LogP contribution in [-0.2, 0) is 41.3 Å². The first-order valence-electron chi connectivity index (χ1n) is 13.5. The summed E-state index contributed by atoms with van der Waals surface area (Å²) >= 11 is 0. The molecule has 3 heterocycles. The van der Waals surface area contributed by atoms with Crippen LogP contribution in [0.15, 0.2) is 66.6 Å². The fourth-order valence-electron chi connectivity index (χ4n) is 5.46. The van der Waals surface area contributed by atoms with Gasteiger partial charge in [-0.3, -0.25) is 29.6 Å². The van der Waals surface area contributed by atoms with Crippen molar-refractivity contribution in [2.45, 2.75) is 51.3 Å². The fraction of sp³-hybridized carbons (Fsp3) is 0.333. The van der Waals surface area contributed by atoms with Crippen molar-refractivity contribution >= 4 is 27.3 Å². The van der Waals surface area contributed by atoms with Crippen LogP contribution in [0.5, 0.6) is 0 Å². The Bertz CT molecular complexity index is 1610. The Kier molecular flexibility index (Phi) is 8.41. The number of hydrogen-bond donors (Lipinski definition) is 2. The maximum absolute atomic E-state index is 13.9. The third kappa shape index (κ3) is 5.98. The molecule has 0 bridgehead atoms. The Morgan fingerprint density at radius 3 is 2.44 bits per heavy atom. The summed E-state index contributed by atoms with van der Waals surface area (Å²) in [7, 11) is -3.93. The van der Waals surface area contributed by atoms with Gasteiger partial charge in [0, 0.05) is 48.5 Å². The molecule has 1 amide bonds. The number of amides is 1. The number of aromatic nitrogens is 2. The highest BCUT2D eigenvalue weighted by Gasteiger charge is 2.47. The van der Waals surface area contributed by atoms with Crippen LogP contribution >= 0.6 is 0 Å². The Balaban J connectivity index is 1.41. The Labute approximate surface area is 239 Å². The number of aryl methyl sites for hydroxylation is 1. The zero-order valence-corrected chi connectivity index (χ0v) is 23.9. The van der Waals surface area contributed by atoms with Crippen molar-refractivity contribution in [3.8, 4) is 0 Å². The first kappa shape index (κ1) is 28.7. The van der Waals surface area contributed by atoms with Crippen LogP contribution in [0.3, 0.4) is 0 Å². The number of rotatable bonds is 10. The van der Waals surface area contributed by atoms with Gasteiger partial charge in [0.25, 0.3) is 0 Å². The van der Waals surface area contributed by atoms with E-state index in [2.05, 4.69) is 20.0 Å².